The van der Waals surface area contributed by atoms with Crippen LogP contribution in [0.4, 0.5) is 22.0 Å². The van der Waals surface area contributed by atoms with Crippen LogP contribution < -0.4 is 0 Å². The lowest BCUT2D eigenvalue weighted by Crippen LogP contribution is -2.46. The Morgan fingerprint density at radius 3 is 2.26 bits per heavy atom. The number of allylic oxidation sites excluding steroid dienone is 4. The highest BCUT2D eigenvalue weighted by atomic mass is 32.2. The van der Waals surface area contributed by atoms with Crippen molar-refractivity contribution in [2.45, 2.75) is 128 Å². The van der Waals surface area contributed by atoms with Crippen LogP contribution >= 0.6 is 0 Å². The van der Waals surface area contributed by atoms with Crippen LogP contribution in [0.3, 0.4) is 0 Å². The molecule has 0 aromatic rings. The fraction of sp³-hybridized carbons (Fsp3) is 0.818. The number of aliphatic hydroxyl groups is 2. The summed E-state index contributed by atoms with van der Waals surface area (Å²) in [6.45, 7) is 6.69. The maximum absolute atomic E-state index is 13.0. The second-order valence-electron chi connectivity index (χ2n) is 13.2. The first-order chi connectivity index (χ1) is 19.8. The van der Waals surface area contributed by atoms with E-state index < -0.39 is 36.1 Å². The Hall–Kier alpha value is -1.06. The fourth-order valence-electron chi connectivity index (χ4n) is 7.87. The fourth-order valence-corrected chi connectivity index (χ4v) is 9.06. The number of hydrogen-bond donors (Lipinski definition) is 2. The van der Waals surface area contributed by atoms with Gasteiger partial charge in [-0.2, -0.15) is 22.0 Å². The molecule has 3 aliphatic carbocycles. The van der Waals surface area contributed by atoms with Crippen molar-refractivity contribution in [2.75, 3.05) is 11.5 Å². The maximum atomic E-state index is 13.0. The highest BCUT2D eigenvalue weighted by Gasteiger charge is 2.57. The molecule has 3 nitrogen and oxygen atoms in total. The topological polar surface area (TPSA) is 63.5 Å². The van der Waals surface area contributed by atoms with Crippen LogP contribution in [-0.4, -0.2) is 44.5 Å². The number of fused-ring (bicyclic) bond motifs is 3. The third kappa shape index (κ3) is 9.47. The second-order valence-corrected chi connectivity index (χ2v) is 14.9. The largest absolute Gasteiger partial charge is 0.616 e. The molecule has 0 radical (unpaired) electrons. The minimum Gasteiger partial charge on any atom is -0.616 e. The maximum Gasteiger partial charge on any atom is 0.453 e. The Morgan fingerprint density at radius 1 is 0.929 bits per heavy atom. The Balaban J connectivity index is 1.38. The molecule has 0 amide bonds. The third-order valence-electron chi connectivity index (χ3n) is 10.4. The molecule has 0 heterocycles. The summed E-state index contributed by atoms with van der Waals surface area (Å²) >= 11 is -1.36. The molecule has 0 bridgehead atoms. The van der Waals surface area contributed by atoms with Crippen LogP contribution in [-0.2, 0) is 11.2 Å². The number of halogens is 5. The lowest BCUT2D eigenvalue weighted by Gasteiger charge is -2.51. The van der Waals surface area contributed by atoms with Gasteiger partial charge in [-0.25, -0.2) is 0 Å². The minimum absolute atomic E-state index is 0.0245. The standard InChI is InChI=1S/C33H51F5O3S/c1-24-15-16-26(39)14-10-13-25(30-27(24)19-21-31(2)28(30)17-18-29(31)40)12-8-6-4-3-5-7-9-22-42(41)23-11-20-32(34,35)33(36,37)38/h14-16,25,27-30,39-40H,1,3-13,17-23H2,2H3/b16-15-,26-14+/t25?,27-,28+,29+,30-,31+,42?/m1/s1. The van der Waals surface area contributed by atoms with Crippen LogP contribution in [0.15, 0.2) is 36.1 Å². The van der Waals surface area contributed by atoms with E-state index in [0.29, 0.717) is 41.6 Å². The summed E-state index contributed by atoms with van der Waals surface area (Å²) in [6.07, 6.45) is 12.2. The van der Waals surface area contributed by atoms with E-state index in [1.54, 1.807) is 6.08 Å². The minimum atomic E-state index is -5.55. The number of aliphatic hydroxyl groups excluding tert-OH is 2. The molecule has 7 atom stereocenters. The van der Waals surface area contributed by atoms with E-state index >= 15 is 0 Å². The van der Waals surface area contributed by atoms with E-state index in [2.05, 4.69) is 13.5 Å². The average Bonchev–Trinajstić information content (AvgIpc) is 3.22. The van der Waals surface area contributed by atoms with Crippen LogP contribution in [0.25, 0.3) is 0 Å². The van der Waals surface area contributed by atoms with Gasteiger partial charge < -0.3 is 14.8 Å². The summed E-state index contributed by atoms with van der Waals surface area (Å²) < 4.78 is 74.6. The van der Waals surface area contributed by atoms with Crippen molar-refractivity contribution in [3.8, 4) is 0 Å². The molecule has 42 heavy (non-hydrogen) atoms. The van der Waals surface area contributed by atoms with Crippen molar-refractivity contribution < 1.29 is 36.7 Å². The van der Waals surface area contributed by atoms with Crippen LogP contribution in [0.5, 0.6) is 0 Å². The normalized spacial score (nSPS) is 33.4. The third-order valence-corrected chi connectivity index (χ3v) is 11.9. The average molecular weight is 623 g/mol. The first kappa shape index (κ1) is 35.4. The molecule has 3 aliphatic rings. The molecule has 2 fully saturated rings. The molecule has 0 aromatic heterocycles. The number of rotatable bonds is 14. The summed E-state index contributed by atoms with van der Waals surface area (Å²) in [5, 5.41) is 21.1. The van der Waals surface area contributed by atoms with E-state index in [-0.39, 0.29) is 17.3 Å². The van der Waals surface area contributed by atoms with Crippen LogP contribution in [0.2, 0.25) is 0 Å². The lowest BCUT2D eigenvalue weighted by molar-refractivity contribution is -0.284. The summed E-state index contributed by atoms with van der Waals surface area (Å²) in [5.74, 6) is -2.30. The summed E-state index contributed by atoms with van der Waals surface area (Å²) in [4.78, 5) is 0. The van der Waals surface area contributed by atoms with Crippen molar-refractivity contribution in [1.29, 1.82) is 0 Å². The summed E-state index contributed by atoms with van der Waals surface area (Å²) in [6, 6.07) is 0. The Labute approximate surface area is 252 Å². The molecular weight excluding hydrogens is 571 g/mol. The van der Waals surface area contributed by atoms with Gasteiger partial charge in [0.1, 0.15) is 17.3 Å². The van der Waals surface area contributed by atoms with Crippen molar-refractivity contribution in [1.82, 2.24) is 0 Å². The molecule has 3 rings (SSSR count). The zero-order valence-electron chi connectivity index (χ0n) is 25.2. The quantitative estimate of drug-likeness (QED) is 0.115. The number of hydrogen-bond acceptors (Lipinski definition) is 3. The first-order valence-corrected chi connectivity index (χ1v) is 17.5. The second kappa shape index (κ2) is 15.8. The highest BCUT2D eigenvalue weighted by Crippen LogP contribution is 2.60. The van der Waals surface area contributed by atoms with Crippen molar-refractivity contribution in [2.24, 2.45) is 29.1 Å². The van der Waals surface area contributed by atoms with Gasteiger partial charge in [-0.3, -0.25) is 0 Å². The van der Waals surface area contributed by atoms with E-state index in [1.807, 2.05) is 12.2 Å². The summed E-state index contributed by atoms with van der Waals surface area (Å²) in [5.41, 5.74) is 1.07. The van der Waals surface area contributed by atoms with Gasteiger partial charge in [0, 0.05) is 6.42 Å². The zero-order valence-corrected chi connectivity index (χ0v) is 26.0. The summed E-state index contributed by atoms with van der Waals surface area (Å²) in [7, 11) is 0. The zero-order chi connectivity index (χ0) is 31.0. The highest BCUT2D eigenvalue weighted by molar-refractivity contribution is 7.91. The van der Waals surface area contributed by atoms with Gasteiger partial charge in [-0.15, -0.1) is 0 Å². The van der Waals surface area contributed by atoms with Gasteiger partial charge in [0.05, 0.1) is 6.10 Å². The monoisotopic (exact) mass is 622 g/mol. The first-order valence-electron chi connectivity index (χ1n) is 16.0. The molecule has 0 aliphatic heterocycles. The van der Waals surface area contributed by atoms with Gasteiger partial charge in [-0.1, -0.05) is 74.9 Å². The smallest absolute Gasteiger partial charge is 0.453 e. The molecule has 2 unspecified atom stereocenters. The van der Waals surface area contributed by atoms with E-state index in [4.69, 9.17) is 0 Å². The number of alkyl halides is 5. The molecule has 2 N–H and O–H groups in total. The lowest BCUT2D eigenvalue weighted by atomic mass is 9.54. The van der Waals surface area contributed by atoms with Crippen LogP contribution in [0, 0.1) is 29.1 Å². The van der Waals surface area contributed by atoms with Gasteiger partial charge in [0.25, 0.3) is 0 Å². The number of unbranched alkanes of at least 4 members (excludes halogenated alkanes) is 6. The van der Waals surface area contributed by atoms with Gasteiger partial charge in [0.15, 0.2) is 0 Å². The molecule has 0 saturated heterocycles. The van der Waals surface area contributed by atoms with Gasteiger partial charge in [0.2, 0.25) is 0 Å². The SMILES string of the molecule is C=C1/C=C\C(O)=C/CCC(CCCCCCCCC[S+]([O-])CCCC(F)(F)C(F)(F)F)[C@@H]2[C@@H]1CC[C@]1(C)[C@@H](O)CC[C@@H]21. The molecular formula is C33H51F5O3S. The van der Waals surface area contributed by atoms with Crippen molar-refractivity contribution in [3.05, 3.63) is 36.1 Å². The van der Waals surface area contributed by atoms with Crippen molar-refractivity contribution in [3.63, 3.8) is 0 Å². The Kier molecular flexibility index (Phi) is 13.3. The molecule has 242 valence electrons. The van der Waals surface area contributed by atoms with Gasteiger partial charge >= 0.3 is 12.1 Å². The molecule has 2 saturated carbocycles. The molecule has 9 heteroatoms. The van der Waals surface area contributed by atoms with Gasteiger partial charge in [-0.05, 0) is 99.0 Å². The molecule has 0 spiro atoms. The Bertz CT molecular complexity index is 920. The predicted molar refractivity (Wildman–Crippen MR) is 160 cm³/mol. The van der Waals surface area contributed by atoms with E-state index in [0.717, 1.165) is 89.0 Å². The van der Waals surface area contributed by atoms with E-state index in [9.17, 15) is 36.7 Å². The predicted octanol–water partition coefficient (Wildman–Crippen LogP) is 9.60. The molecule has 0 aromatic carbocycles. The Morgan fingerprint density at radius 2 is 1.57 bits per heavy atom. The van der Waals surface area contributed by atoms with Crippen LogP contribution in [0.1, 0.15) is 110 Å². The van der Waals surface area contributed by atoms with Crippen molar-refractivity contribution >= 4 is 11.2 Å². The van der Waals surface area contributed by atoms with E-state index in [1.165, 1.54) is 0 Å².